The van der Waals surface area contributed by atoms with Gasteiger partial charge in [0, 0.05) is 20.1 Å². The summed E-state index contributed by atoms with van der Waals surface area (Å²) in [7, 11) is 2.05. The molecule has 11 heteroatoms. The van der Waals surface area contributed by atoms with Crippen molar-refractivity contribution >= 4 is 28.0 Å². The topological polar surface area (TPSA) is 107 Å². The van der Waals surface area contributed by atoms with E-state index in [-0.39, 0.29) is 0 Å². The molecule has 0 radical (unpaired) electrons. The molecule has 3 aromatic heterocycles. The Balaban J connectivity index is 1.25. The Morgan fingerprint density at radius 3 is 2.47 bits per heavy atom. The first kappa shape index (κ1) is 24.0. The van der Waals surface area contributed by atoms with E-state index in [4.69, 9.17) is 29.4 Å². The van der Waals surface area contributed by atoms with Crippen molar-refractivity contribution in [3.63, 3.8) is 0 Å². The standard InChI is InChI=1S/C27H34N8O3/c1-18-28-20-5-3-4-6-21(20)35(18)26-30-24-23(25(31-26)34-11-13-37-14-12-34)29-22(32(24)2)15-33-9-7-19(8-10-33)27(36)16-38-17-27/h3-6,19,36H,7-17H2,1-2H3. The number of hydrogen-bond donors (Lipinski definition) is 1. The number of para-hydroxylation sites is 2. The molecule has 11 nitrogen and oxygen atoms in total. The lowest BCUT2D eigenvalue weighted by Gasteiger charge is -2.46. The van der Waals surface area contributed by atoms with Gasteiger partial charge in [-0.2, -0.15) is 9.97 Å². The van der Waals surface area contributed by atoms with E-state index in [1.54, 1.807) is 0 Å². The van der Waals surface area contributed by atoms with Crippen molar-refractivity contribution in [2.45, 2.75) is 31.9 Å². The number of aryl methyl sites for hydroxylation is 2. The highest BCUT2D eigenvalue weighted by Gasteiger charge is 2.44. The quantitative estimate of drug-likeness (QED) is 0.423. The highest BCUT2D eigenvalue weighted by molar-refractivity contribution is 5.86. The summed E-state index contributed by atoms with van der Waals surface area (Å²) in [4.78, 5) is 24.7. The molecule has 3 aliphatic rings. The van der Waals surface area contributed by atoms with Gasteiger partial charge in [0.25, 0.3) is 0 Å². The van der Waals surface area contributed by atoms with Crippen LogP contribution in [-0.2, 0) is 23.1 Å². The molecule has 7 rings (SSSR count). The SMILES string of the molecule is Cc1nc2ccccc2n1-c1nc(N2CCOCC2)c2nc(CN3CCC(C4(O)COC4)CC3)n(C)c2n1. The lowest BCUT2D eigenvalue weighted by Crippen LogP contribution is -2.57. The third-order valence-electron chi connectivity index (χ3n) is 8.44. The second-order valence-corrected chi connectivity index (χ2v) is 10.8. The molecule has 0 atom stereocenters. The van der Waals surface area contributed by atoms with Crippen LogP contribution >= 0.6 is 0 Å². The van der Waals surface area contributed by atoms with E-state index in [2.05, 4.69) is 20.4 Å². The number of anilines is 1. The number of rotatable bonds is 5. The van der Waals surface area contributed by atoms with Crippen LogP contribution in [0.25, 0.3) is 28.1 Å². The average Bonchev–Trinajstić information content (AvgIpc) is 3.43. The second kappa shape index (κ2) is 9.26. The fraction of sp³-hybridized carbons (Fsp3) is 0.556. The predicted molar refractivity (Wildman–Crippen MR) is 142 cm³/mol. The van der Waals surface area contributed by atoms with Crippen LogP contribution in [0.5, 0.6) is 0 Å². The maximum absolute atomic E-state index is 10.7. The molecule has 3 aliphatic heterocycles. The minimum Gasteiger partial charge on any atom is -0.385 e. The van der Waals surface area contributed by atoms with Crippen LogP contribution in [-0.4, -0.2) is 97.3 Å². The summed E-state index contributed by atoms with van der Waals surface area (Å²) in [5, 5.41) is 10.7. The lowest BCUT2D eigenvalue weighted by molar-refractivity contribution is -0.214. The number of aliphatic hydroxyl groups is 1. The summed E-state index contributed by atoms with van der Waals surface area (Å²) in [5.74, 6) is 3.58. The first-order valence-corrected chi connectivity index (χ1v) is 13.5. The molecule has 0 aliphatic carbocycles. The lowest BCUT2D eigenvalue weighted by atomic mass is 9.79. The number of hydrogen-bond acceptors (Lipinski definition) is 9. The number of aromatic nitrogens is 6. The molecule has 4 aromatic rings. The highest BCUT2D eigenvalue weighted by Crippen LogP contribution is 2.34. The Hall–Kier alpha value is -3.12. The maximum atomic E-state index is 10.7. The summed E-state index contributed by atoms with van der Waals surface area (Å²) in [6, 6.07) is 8.09. The van der Waals surface area contributed by atoms with Crippen LogP contribution in [0.4, 0.5) is 5.82 Å². The minimum atomic E-state index is -0.626. The number of benzene rings is 1. The zero-order valence-electron chi connectivity index (χ0n) is 22.0. The van der Waals surface area contributed by atoms with Crippen LogP contribution in [0.2, 0.25) is 0 Å². The van der Waals surface area contributed by atoms with Crippen molar-refractivity contribution in [1.82, 2.24) is 34.0 Å². The van der Waals surface area contributed by atoms with E-state index in [0.29, 0.717) is 38.3 Å². The molecule has 6 heterocycles. The molecule has 0 saturated carbocycles. The smallest absolute Gasteiger partial charge is 0.239 e. The summed E-state index contributed by atoms with van der Waals surface area (Å²) < 4.78 is 15.1. The van der Waals surface area contributed by atoms with Gasteiger partial charge >= 0.3 is 0 Å². The van der Waals surface area contributed by atoms with Gasteiger partial charge in [-0.1, -0.05) is 12.1 Å². The maximum Gasteiger partial charge on any atom is 0.239 e. The molecule has 0 amide bonds. The van der Waals surface area contributed by atoms with Gasteiger partial charge < -0.3 is 24.0 Å². The van der Waals surface area contributed by atoms with Gasteiger partial charge in [0.1, 0.15) is 17.2 Å². The predicted octanol–water partition coefficient (Wildman–Crippen LogP) is 1.82. The van der Waals surface area contributed by atoms with E-state index in [1.807, 2.05) is 36.7 Å². The minimum absolute atomic E-state index is 0.308. The van der Waals surface area contributed by atoms with Gasteiger partial charge in [-0.15, -0.1) is 0 Å². The van der Waals surface area contributed by atoms with Gasteiger partial charge in [-0.3, -0.25) is 9.47 Å². The van der Waals surface area contributed by atoms with E-state index in [0.717, 1.165) is 85.2 Å². The van der Waals surface area contributed by atoms with Crippen LogP contribution in [0.1, 0.15) is 24.5 Å². The molecule has 3 saturated heterocycles. The molecule has 38 heavy (non-hydrogen) atoms. The summed E-state index contributed by atoms with van der Waals surface area (Å²) in [6.45, 7) is 8.40. The zero-order chi connectivity index (χ0) is 25.9. The number of piperidine rings is 1. The fourth-order valence-corrected chi connectivity index (χ4v) is 6.09. The molecule has 200 valence electrons. The number of fused-ring (bicyclic) bond motifs is 2. The van der Waals surface area contributed by atoms with Crippen molar-refractivity contribution in [3.05, 3.63) is 35.9 Å². The van der Waals surface area contributed by atoms with Gasteiger partial charge in [-0.05, 0) is 50.9 Å². The highest BCUT2D eigenvalue weighted by atomic mass is 16.5. The summed E-state index contributed by atoms with van der Waals surface area (Å²) >= 11 is 0. The first-order chi connectivity index (χ1) is 18.5. The Morgan fingerprint density at radius 1 is 0.974 bits per heavy atom. The molecular weight excluding hydrogens is 484 g/mol. The van der Waals surface area contributed by atoms with Crippen molar-refractivity contribution in [3.8, 4) is 5.95 Å². The van der Waals surface area contributed by atoms with Crippen molar-refractivity contribution < 1.29 is 14.6 Å². The molecule has 1 aromatic carbocycles. The van der Waals surface area contributed by atoms with Gasteiger partial charge in [0.15, 0.2) is 17.0 Å². The fourth-order valence-electron chi connectivity index (χ4n) is 6.09. The number of likely N-dealkylation sites (tertiary alicyclic amines) is 1. The number of morpholine rings is 1. The number of nitrogens with zero attached hydrogens (tertiary/aromatic N) is 8. The number of imidazole rings is 2. The zero-order valence-corrected chi connectivity index (χ0v) is 22.0. The number of ether oxygens (including phenoxy) is 2. The van der Waals surface area contributed by atoms with Gasteiger partial charge in [0.05, 0.1) is 44.0 Å². The Labute approximate surface area is 221 Å². The summed E-state index contributed by atoms with van der Waals surface area (Å²) in [6.07, 6.45) is 1.94. The van der Waals surface area contributed by atoms with Gasteiger partial charge in [-0.25, -0.2) is 9.97 Å². The van der Waals surface area contributed by atoms with Crippen LogP contribution < -0.4 is 4.90 Å². The Morgan fingerprint density at radius 2 is 1.74 bits per heavy atom. The molecular formula is C27H34N8O3. The van der Waals surface area contributed by atoms with E-state index in [1.165, 1.54) is 0 Å². The molecule has 0 spiro atoms. The largest absolute Gasteiger partial charge is 0.385 e. The first-order valence-electron chi connectivity index (χ1n) is 13.5. The monoisotopic (exact) mass is 518 g/mol. The van der Waals surface area contributed by atoms with Crippen molar-refractivity contribution in [1.29, 1.82) is 0 Å². The normalized spacial score (nSPS) is 20.9. The van der Waals surface area contributed by atoms with Crippen LogP contribution in [0.15, 0.2) is 24.3 Å². The van der Waals surface area contributed by atoms with E-state index in [9.17, 15) is 5.11 Å². The Bertz CT molecular complexity index is 1480. The van der Waals surface area contributed by atoms with Crippen molar-refractivity contribution in [2.24, 2.45) is 13.0 Å². The third-order valence-corrected chi connectivity index (χ3v) is 8.44. The van der Waals surface area contributed by atoms with Crippen LogP contribution in [0.3, 0.4) is 0 Å². The van der Waals surface area contributed by atoms with E-state index >= 15 is 0 Å². The molecule has 1 N–H and O–H groups in total. The van der Waals surface area contributed by atoms with Crippen LogP contribution in [0, 0.1) is 12.8 Å². The van der Waals surface area contributed by atoms with E-state index < -0.39 is 5.60 Å². The van der Waals surface area contributed by atoms with Gasteiger partial charge in [0.2, 0.25) is 5.95 Å². The summed E-state index contributed by atoms with van der Waals surface area (Å²) in [5.41, 5.74) is 2.93. The third kappa shape index (κ3) is 3.96. The second-order valence-electron chi connectivity index (χ2n) is 10.8. The molecule has 0 unspecified atom stereocenters. The van der Waals surface area contributed by atoms with Crippen molar-refractivity contribution in [2.75, 3.05) is 57.5 Å². The Kier molecular flexibility index (Phi) is 5.84. The molecule has 0 bridgehead atoms. The average molecular weight is 519 g/mol. The molecule has 3 fully saturated rings.